The van der Waals surface area contributed by atoms with E-state index in [1.165, 1.54) is 19.1 Å². The van der Waals surface area contributed by atoms with Crippen molar-refractivity contribution in [2.24, 2.45) is 10.5 Å². The molecule has 10 nitrogen and oxygen atoms in total. The van der Waals surface area contributed by atoms with E-state index in [4.69, 9.17) is 14.6 Å². The normalized spacial score (nSPS) is 22.4. The van der Waals surface area contributed by atoms with E-state index in [0.717, 1.165) is 0 Å². The minimum atomic E-state index is -1.54. The fraction of sp³-hybridized carbons (Fsp3) is 0.471. The number of amides is 3. The van der Waals surface area contributed by atoms with E-state index in [9.17, 15) is 19.2 Å². The second kappa shape index (κ2) is 8.12. The van der Waals surface area contributed by atoms with Gasteiger partial charge in [0.25, 0.3) is 5.91 Å². The summed E-state index contributed by atoms with van der Waals surface area (Å²) in [6.45, 7) is 3.83. The second-order valence-corrected chi connectivity index (χ2v) is 5.86. The van der Waals surface area contributed by atoms with E-state index in [-0.39, 0.29) is 25.3 Å². The van der Waals surface area contributed by atoms with Gasteiger partial charge < -0.3 is 19.9 Å². The van der Waals surface area contributed by atoms with E-state index in [1.807, 2.05) is 0 Å². The SMILES string of the molecule is CCOC(=O)N(N=C1C=CC2=C(C1)C(C)(C(=O)OCC)C(=O)N2)C(=O)CO. The summed E-state index contributed by atoms with van der Waals surface area (Å²) in [6.07, 6.45) is 2.00. The minimum absolute atomic E-state index is 0.0172. The molecule has 27 heavy (non-hydrogen) atoms. The Bertz CT molecular complexity index is 768. The standard InChI is InChI=1S/C17H21N3O7/c1-4-26-15(24)17(3)11-8-10(6-7-12(11)18-14(17)23)19-20(13(22)9-21)16(25)27-5-2/h6-7,21H,4-5,8-9H2,1-3H3,(H,18,23). The Kier molecular flexibility index (Phi) is 6.11. The first-order chi connectivity index (χ1) is 12.8. The number of allylic oxidation sites excluding steroid dienone is 2. The highest BCUT2D eigenvalue weighted by atomic mass is 16.6. The van der Waals surface area contributed by atoms with Gasteiger partial charge in [0, 0.05) is 12.1 Å². The Balaban J connectivity index is 2.34. The van der Waals surface area contributed by atoms with Crippen LogP contribution in [0.15, 0.2) is 28.5 Å². The molecule has 1 aliphatic heterocycles. The molecule has 0 aromatic heterocycles. The second-order valence-electron chi connectivity index (χ2n) is 5.86. The van der Waals surface area contributed by atoms with E-state index in [2.05, 4.69) is 10.4 Å². The van der Waals surface area contributed by atoms with Crippen LogP contribution in [0.4, 0.5) is 4.79 Å². The maximum atomic E-state index is 12.4. The third-order valence-corrected chi connectivity index (χ3v) is 4.16. The summed E-state index contributed by atoms with van der Waals surface area (Å²) in [6, 6.07) is 0. The van der Waals surface area contributed by atoms with Crippen molar-refractivity contribution in [2.45, 2.75) is 27.2 Å². The number of ether oxygens (including phenoxy) is 2. The van der Waals surface area contributed by atoms with E-state index in [0.29, 0.717) is 16.3 Å². The van der Waals surface area contributed by atoms with Gasteiger partial charge in [0.2, 0.25) is 5.91 Å². The van der Waals surface area contributed by atoms with Crippen LogP contribution in [-0.4, -0.2) is 59.5 Å². The van der Waals surface area contributed by atoms with Crippen molar-refractivity contribution >= 4 is 29.6 Å². The van der Waals surface area contributed by atoms with Crippen LogP contribution in [0.1, 0.15) is 27.2 Å². The van der Waals surface area contributed by atoms with E-state index < -0.39 is 35.9 Å². The lowest BCUT2D eigenvalue weighted by molar-refractivity contribution is -0.156. The molecule has 1 aliphatic carbocycles. The average molecular weight is 379 g/mol. The maximum Gasteiger partial charge on any atom is 0.437 e. The number of nitrogens with one attached hydrogen (secondary N) is 1. The number of hydrogen-bond donors (Lipinski definition) is 2. The number of esters is 1. The zero-order valence-electron chi connectivity index (χ0n) is 15.3. The zero-order valence-corrected chi connectivity index (χ0v) is 15.3. The van der Waals surface area contributed by atoms with Crippen molar-refractivity contribution in [3.05, 3.63) is 23.4 Å². The molecule has 2 rings (SSSR count). The molecule has 0 radical (unpaired) electrons. The zero-order chi connectivity index (χ0) is 20.2. The fourth-order valence-corrected chi connectivity index (χ4v) is 2.70. The van der Waals surface area contributed by atoms with Gasteiger partial charge in [0.15, 0.2) is 5.41 Å². The van der Waals surface area contributed by atoms with Crippen molar-refractivity contribution < 1.29 is 33.8 Å². The number of rotatable bonds is 5. The van der Waals surface area contributed by atoms with Gasteiger partial charge in [-0.1, -0.05) is 0 Å². The van der Waals surface area contributed by atoms with E-state index in [1.54, 1.807) is 13.8 Å². The maximum absolute atomic E-state index is 12.4. The third kappa shape index (κ3) is 3.75. The molecular weight excluding hydrogens is 358 g/mol. The van der Waals surface area contributed by atoms with Gasteiger partial charge in [-0.3, -0.25) is 14.4 Å². The molecule has 1 unspecified atom stereocenters. The quantitative estimate of drug-likeness (QED) is 0.397. The first-order valence-electron chi connectivity index (χ1n) is 8.37. The van der Waals surface area contributed by atoms with Crippen LogP contribution in [0.2, 0.25) is 0 Å². The number of carbonyl (C=O) groups excluding carboxylic acids is 4. The predicted molar refractivity (Wildman–Crippen MR) is 92.1 cm³/mol. The van der Waals surface area contributed by atoms with Crippen LogP contribution in [0.5, 0.6) is 0 Å². The Morgan fingerprint density at radius 1 is 1.26 bits per heavy atom. The fourth-order valence-electron chi connectivity index (χ4n) is 2.70. The van der Waals surface area contributed by atoms with Gasteiger partial charge in [0.05, 0.1) is 18.9 Å². The molecule has 2 aliphatic rings. The van der Waals surface area contributed by atoms with Crippen molar-refractivity contribution in [1.29, 1.82) is 0 Å². The lowest BCUT2D eigenvalue weighted by Crippen LogP contribution is -2.40. The Hall–Kier alpha value is -3.01. The summed E-state index contributed by atoms with van der Waals surface area (Å²) in [5.74, 6) is -2.19. The third-order valence-electron chi connectivity index (χ3n) is 4.16. The number of aliphatic hydroxyl groups is 1. The molecule has 1 atom stereocenters. The summed E-state index contributed by atoms with van der Waals surface area (Å²) < 4.78 is 9.78. The Morgan fingerprint density at radius 2 is 1.93 bits per heavy atom. The molecule has 0 aromatic rings. The number of nitrogens with zero attached hydrogens (tertiary/aromatic N) is 2. The van der Waals surface area contributed by atoms with E-state index >= 15 is 0 Å². The molecule has 3 amide bonds. The summed E-state index contributed by atoms with van der Waals surface area (Å²) in [5, 5.41) is 16.0. The summed E-state index contributed by atoms with van der Waals surface area (Å²) >= 11 is 0. The van der Waals surface area contributed by atoms with Crippen LogP contribution in [-0.2, 0) is 23.9 Å². The highest BCUT2D eigenvalue weighted by Gasteiger charge is 2.52. The number of carbonyl (C=O) groups is 4. The predicted octanol–water partition coefficient (Wildman–Crippen LogP) is 0.233. The van der Waals surface area contributed by atoms with Crippen molar-refractivity contribution in [3.63, 3.8) is 0 Å². The average Bonchev–Trinajstić information content (AvgIpc) is 2.91. The summed E-state index contributed by atoms with van der Waals surface area (Å²) in [5.41, 5.74) is -0.430. The molecule has 0 aromatic carbocycles. The molecular formula is C17H21N3O7. The monoisotopic (exact) mass is 379 g/mol. The summed E-state index contributed by atoms with van der Waals surface area (Å²) in [7, 11) is 0. The van der Waals surface area contributed by atoms with Crippen molar-refractivity contribution in [1.82, 2.24) is 10.3 Å². The van der Waals surface area contributed by atoms with Crippen LogP contribution in [0, 0.1) is 5.41 Å². The molecule has 10 heteroatoms. The van der Waals surface area contributed by atoms with Crippen LogP contribution >= 0.6 is 0 Å². The number of aliphatic hydroxyl groups excluding tert-OH is 1. The molecule has 146 valence electrons. The van der Waals surface area contributed by atoms with Crippen LogP contribution in [0.25, 0.3) is 0 Å². The van der Waals surface area contributed by atoms with Gasteiger partial charge in [-0.2, -0.15) is 5.10 Å². The molecule has 0 saturated heterocycles. The van der Waals surface area contributed by atoms with Gasteiger partial charge in [-0.25, -0.2) is 4.79 Å². The molecule has 1 heterocycles. The van der Waals surface area contributed by atoms with Gasteiger partial charge in [-0.05, 0) is 38.5 Å². The smallest absolute Gasteiger partial charge is 0.437 e. The number of hydrogen-bond acceptors (Lipinski definition) is 8. The van der Waals surface area contributed by atoms with Crippen molar-refractivity contribution in [2.75, 3.05) is 19.8 Å². The first-order valence-corrected chi connectivity index (χ1v) is 8.37. The topological polar surface area (TPSA) is 135 Å². The largest absolute Gasteiger partial charge is 0.465 e. The molecule has 0 saturated carbocycles. The Morgan fingerprint density at radius 3 is 2.52 bits per heavy atom. The lowest BCUT2D eigenvalue weighted by Gasteiger charge is -2.24. The number of imide groups is 1. The molecule has 0 bridgehead atoms. The van der Waals surface area contributed by atoms with Gasteiger partial charge in [0.1, 0.15) is 6.61 Å². The minimum Gasteiger partial charge on any atom is -0.465 e. The van der Waals surface area contributed by atoms with Crippen molar-refractivity contribution in [3.8, 4) is 0 Å². The molecule has 2 N–H and O–H groups in total. The first kappa shape index (κ1) is 20.3. The Labute approximate surface area is 155 Å². The lowest BCUT2D eigenvalue weighted by atomic mass is 9.79. The number of hydrazone groups is 1. The van der Waals surface area contributed by atoms with Crippen LogP contribution in [0.3, 0.4) is 0 Å². The molecule has 0 fully saturated rings. The van der Waals surface area contributed by atoms with Crippen LogP contribution < -0.4 is 5.32 Å². The molecule has 0 spiro atoms. The highest BCUT2D eigenvalue weighted by Crippen LogP contribution is 2.40. The summed E-state index contributed by atoms with van der Waals surface area (Å²) in [4.78, 5) is 48.4. The van der Waals surface area contributed by atoms with Gasteiger partial charge in [-0.15, -0.1) is 5.01 Å². The highest BCUT2D eigenvalue weighted by molar-refractivity contribution is 6.12. The van der Waals surface area contributed by atoms with Gasteiger partial charge >= 0.3 is 12.1 Å².